The Balaban J connectivity index is 0.805. The molecule has 41 nitrogen and oxygen atoms in total. The van der Waals surface area contributed by atoms with Gasteiger partial charge in [0.15, 0.2) is 56.1 Å². The fourth-order valence-electron chi connectivity index (χ4n) is 23.1. The number of aldehydes is 1. The van der Waals surface area contributed by atoms with Gasteiger partial charge in [-0.05, 0) is 135 Å². The molecule has 129 heavy (non-hydrogen) atoms. The molecule has 41 heteroatoms. The first-order chi connectivity index (χ1) is 60.5. The van der Waals surface area contributed by atoms with Crippen LogP contribution in [0.3, 0.4) is 0 Å². The minimum Gasteiger partial charge on any atom is -0.479 e. The summed E-state index contributed by atoms with van der Waals surface area (Å²) in [7, 11) is 0. The molecule has 0 amide bonds. The van der Waals surface area contributed by atoms with Gasteiger partial charge in [0, 0.05) is 6.42 Å². The maximum Gasteiger partial charge on any atom is 0.335 e. The Morgan fingerprint density at radius 3 is 1.77 bits per heavy atom. The van der Waals surface area contributed by atoms with Crippen molar-refractivity contribution in [3.05, 3.63) is 11.6 Å². The third kappa shape index (κ3) is 20.1. The Labute approximate surface area is 748 Å². The van der Waals surface area contributed by atoms with Gasteiger partial charge >= 0.3 is 23.9 Å². The van der Waals surface area contributed by atoms with Crippen LogP contribution in [0.5, 0.6) is 0 Å². The molecule has 7 heterocycles. The zero-order valence-electron chi connectivity index (χ0n) is 75.5. The van der Waals surface area contributed by atoms with Gasteiger partial charge in [0.25, 0.3) is 0 Å². The number of carboxylic acid groups (broad SMARTS) is 1. The van der Waals surface area contributed by atoms with E-state index in [1.54, 1.807) is 13.8 Å². The second-order valence-corrected chi connectivity index (χ2v) is 40.7. The fourth-order valence-corrected chi connectivity index (χ4v) is 23.1. The van der Waals surface area contributed by atoms with E-state index < -0.39 is 328 Å². The van der Waals surface area contributed by atoms with Crippen molar-refractivity contribution in [1.82, 2.24) is 0 Å². The Morgan fingerprint density at radius 2 is 1.12 bits per heavy atom. The minimum absolute atomic E-state index is 0.0341. The predicted molar refractivity (Wildman–Crippen MR) is 435 cm³/mol. The van der Waals surface area contributed by atoms with Gasteiger partial charge in [0.1, 0.15) is 133 Å². The smallest absolute Gasteiger partial charge is 0.335 e. The quantitative estimate of drug-likeness (QED) is 0.0106. The van der Waals surface area contributed by atoms with E-state index in [0.717, 1.165) is 18.3 Å². The lowest BCUT2D eigenvalue weighted by Crippen LogP contribution is -2.69. The summed E-state index contributed by atoms with van der Waals surface area (Å²) in [5.41, 5.74) is -7.51. The number of carbonyl (C=O) groups excluding carboxylic acids is 4. The van der Waals surface area contributed by atoms with E-state index in [0.29, 0.717) is 51.4 Å². The third-order valence-corrected chi connectivity index (χ3v) is 32.0. The first kappa shape index (κ1) is 104. The van der Waals surface area contributed by atoms with Gasteiger partial charge in [-0.25, -0.2) is 4.79 Å². The average Bonchev–Trinajstić information content (AvgIpc) is 0.989. The number of ether oxygens (including phenoxy) is 16. The first-order valence-electron chi connectivity index (χ1n) is 45.7. The van der Waals surface area contributed by atoms with Gasteiger partial charge < -0.3 is 183 Å². The maximum absolute atomic E-state index is 16.3. The number of allylic oxidation sites excluding steroid dienone is 2. The van der Waals surface area contributed by atoms with Crippen LogP contribution in [-0.2, 0) is 99.8 Å². The predicted octanol–water partition coefficient (Wildman–Crippen LogP) is -2.87. The largest absolute Gasteiger partial charge is 0.479 e. The van der Waals surface area contributed by atoms with E-state index in [1.165, 1.54) is 13.8 Å². The Kier molecular flexibility index (Phi) is 33.0. The second kappa shape index (κ2) is 41.0. The molecule has 0 aromatic rings. The van der Waals surface area contributed by atoms with Crippen LogP contribution >= 0.6 is 0 Å². The number of aliphatic hydroxyl groups is 19. The Morgan fingerprint density at radius 1 is 0.535 bits per heavy atom. The van der Waals surface area contributed by atoms with Gasteiger partial charge in [0.2, 0.25) is 6.29 Å². The molecule has 7 saturated heterocycles. The maximum atomic E-state index is 16.3. The summed E-state index contributed by atoms with van der Waals surface area (Å²) in [4.78, 5) is 71.5. The van der Waals surface area contributed by atoms with E-state index in [9.17, 15) is 121 Å². The van der Waals surface area contributed by atoms with Crippen LogP contribution in [0.15, 0.2) is 11.6 Å². The van der Waals surface area contributed by atoms with Gasteiger partial charge in [-0.15, -0.1) is 0 Å². The van der Waals surface area contributed by atoms with Gasteiger partial charge in [-0.3, -0.25) is 14.4 Å². The highest BCUT2D eigenvalue weighted by Crippen LogP contribution is 2.76. The molecule has 5 aliphatic carbocycles. The number of aliphatic hydroxyl groups excluding tert-OH is 18. The van der Waals surface area contributed by atoms with Gasteiger partial charge in [-0.2, -0.15) is 0 Å². The van der Waals surface area contributed by atoms with Crippen LogP contribution < -0.4 is 0 Å². The topological polar surface area (TPSA) is 638 Å². The van der Waals surface area contributed by atoms with Crippen molar-refractivity contribution in [2.24, 2.45) is 68.0 Å². The molecule has 47 atom stereocenters. The number of aliphatic carboxylic acids is 1. The number of hydrogen-bond donors (Lipinski definition) is 20. The highest BCUT2D eigenvalue weighted by atomic mass is 16.8. The molecule has 0 spiro atoms. The van der Waals surface area contributed by atoms with Crippen LogP contribution in [-0.4, -0.2) is 386 Å². The summed E-state index contributed by atoms with van der Waals surface area (Å²) in [5, 5.41) is 224. The molecule has 0 aromatic heterocycles. The summed E-state index contributed by atoms with van der Waals surface area (Å²) in [6, 6.07) is 0. The molecule has 12 aliphatic rings. The zero-order chi connectivity index (χ0) is 94.9. The summed E-state index contributed by atoms with van der Waals surface area (Å²) in [6.07, 6.45) is -57.2. The van der Waals surface area contributed by atoms with Crippen LogP contribution in [0.4, 0.5) is 0 Å². The van der Waals surface area contributed by atoms with Gasteiger partial charge in [-0.1, -0.05) is 101 Å². The normalized spacial score (nSPS) is 48.4. The van der Waals surface area contributed by atoms with E-state index in [1.807, 2.05) is 34.6 Å². The third-order valence-electron chi connectivity index (χ3n) is 32.0. The number of carbonyl (C=O) groups is 5. The SMILES string of the molecule is CC[C@H](C)[C@H](C[C@H](O)CC(=O)O[C@@H]1C(C)O[C@@H](OC(=O)[C@]23CCC(C)(C)CC2C2=CCC4[C@@]5(C)CC[C@H](O[C@@H]6OC(C(=O)O)[C@H](O)[C@H](O[C@@H]7OC[C@@H](O)[C@H](O)C7O)C6O[C@@H]6OC(CO)[C@H](O)[C@H](O)C6O)[C@@](C)(C=O)C5CC[C@@]4(C)[C@]2(C)C[C@H]3O)[C@H](O[C@@H]2OC(C)[C@H](OC3OCC(O)[C@H](O[C@@H]4OCC(O)(CO)[C@@H]4O)[C@@H]3O)[C@H](O)C2O)C1O)OC(=O)C[C@@H](O)C[C@H](C)[C@@H](C)CC. The fraction of sp³-hybridized carbons (Fsp3) is 0.920. The number of esters is 3. The van der Waals surface area contributed by atoms with Crippen molar-refractivity contribution >= 4 is 30.2 Å². The lowest BCUT2D eigenvalue weighted by Gasteiger charge is -2.71. The monoisotopic (exact) mass is 1850 g/mol. The number of carboxylic acids is 1. The lowest BCUT2D eigenvalue weighted by molar-refractivity contribution is -0.391. The van der Waals surface area contributed by atoms with E-state index in [2.05, 4.69) is 33.8 Å². The molecule has 0 radical (unpaired) electrons. The van der Waals surface area contributed by atoms with Crippen LogP contribution in [0.25, 0.3) is 0 Å². The standard InChI is InChI=1S/C88H142O41/c1-14-36(3)38(5)24-41(92)26-53(97)119-47(37(4)15-2)25-42(93)27-54(98)122-66-40(7)118-78(70(62(66)106)127-76-61(105)58(102)65(39(6)117-76)123-75-64(108)67(46(95)32-115-75)124-80-72(109)87(113,34-91)35-116-80)129-81(112)88-23-22-82(8,9)28-44(88)43-16-17-50-83(10)20-19-52(84(11,33-90)49(83)18-21-85(50,12)86(43,13)29-51(88)96)121-79-71(128-77-60(104)57(101)56(100)48(30-89)120-77)68(63(107)69(126-79)73(110)111)125-74-59(103)55(99)45(94)31-114-74/h16,33,36-42,44-52,55-72,74-80,89,91-96,99-109,113H,14-15,17-32,34-35H2,1-13H3,(H,110,111)/t36-,37-,38-,39?,40?,41-,42-,44?,45+,46?,47-,48?,49?,50?,51+,52-,55-,56-,57-,58+,59?,60?,61?,62?,63+,64-,65-,66+,67-,68-,69?,70+,71?,72+,74-,75?,76-,77-,78-,79+,80-,83-,84-,85+,86+,87?,88+/m0/s1. The molecular formula is C88H142O41. The number of hydrogen-bond acceptors (Lipinski definition) is 40. The first-order valence-corrected chi connectivity index (χ1v) is 45.7. The summed E-state index contributed by atoms with van der Waals surface area (Å²) < 4.78 is 96.7. The minimum atomic E-state index is -2.25. The number of rotatable bonds is 32. The molecule has 12 rings (SSSR count). The molecule has 7 aliphatic heterocycles. The Hall–Kier alpha value is -3.99. The van der Waals surface area contributed by atoms with Crippen molar-refractivity contribution in [2.75, 3.05) is 33.0 Å². The van der Waals surface area contributed by atoms with Crippen molar-refractivity contribution in [2.45, 2.75) is 407 Å². The van der Waals surface area contributed by atoms with Crippen molar-refractivity contribution in [1.29, 1.82) is 0 Å². The average molecular weight is 1860 g/mol. The lowest BCUT2D eigenvalue weighted by atomic mass is 9.33. The van der Waals surface area contributed by atoms with Crippen LogP contribution in [0, 0.1) is 68.0 Å². The van der Waals surface area contributed by atoms with E-state index in [-0.39, 0.29) is 55.8 Å². The molecule has 11 fully saturated rings. The molecule has 740 valence electrons. The zero-order valence-corrected chi connectivity index (χ0v) is 75.5. The van der Waals surface area contributed by atoms with Crippen molar-refractivity contribution < 1.29 is 202 Å². The Bertz CT molecular complexity index is 3810. The highest BCUT2D eigenvalue weighted by Gasteiger charge is 2.74. The molecule has 15 unspecified atom stereocenters. The van der Waals surface area contributed by atoms with E-state index >= 15 is 4.79 Å². The second-order valence-electron chi connectivity index (χ2n) is 40.7. The van der Waals surface area contributed by atoms with Gasteiger partial charge in [0.05, 0.1) is 87.9 Å². The highest BCUT2D eigenvalue weighted by molar-refractivity contribution is 5.80. The molecule has 20 N–H and O–H groups in total. The number of fused-ring (bicyclic) bond motifs is 7. The van der Waals surface area contributed by atoms with Crippen LogP contribution in [0.2, 0.25) is 0 Å². The molecule has 4 saturated carbocycles. The van der Waals surface area contributed by atoms with Crippen molar-refractivity contribution in [3.8, 4) is 0 Å². The molecule has 0 bridgehead atoms. The van der Waals surface area contributed by atoms with Crippen LogP contribution in [0.1, 0.15) is 186 Å². The molecule has 0 aromatic carbocycles. The summed E-state index contributed by atoms with van der Waals surface area (Å²) in [5.74, 6) is -6.11. The summed E-state index contributed by atoms with van der Waals surface area (Å²) >= 11 is 0. The molecular weight excluding hydrogens is 1710 g/mol. The summed E-state index contributed by atoms with van der Waals surface area (Å²) in [6.45, 7) is 20.9. The van der Waals surface area contributed by atoms with E-state index in [4.69, 9.17) is 75.8 Å². The van der Waals surface area contributed by atoms with Crippen molar-refractivity contribution in [3.63, 3.8) is 0 Å².